The molecule has 0 spiro atoms. The number of hydrogen-bond donors (Lipinski definition) is 2. The highest BCUT2D eigenvalue weighted by atomic mass is 16.5. The quantitative estimate of drug-likeness (QED) is 0.853. The van der Waals surface area contributed by atoms with Gasteiger partial charge < -0.3 is 25.1 Å². The summed E-state index contributed by atoms with van der Waals surface area (Å²) in [5.41, 5.74) is 4.52. The molecule has 1 atom stereocenters. The number of hydrogen-bond acceptors (Lipinski definition) is 6. The number of rotatable bonds is 3. The second kappa shape index (κ2) is 4.38. The SMILES string of the molecule is COc1ccc(C2(C)OC(N)=C(O)C2=O)c(OC)c1. The van der Waals surface area contributed by atoms with Gasteiger partial charge in [-0.2, -0.15) is 0 Å². The van der Waals surface area contributed by atoms with E-state index < -0.39 is 17.1 Å². The molecule has 1 unspecified atom stereocenters. The molecule has 0 saturated heterocycles. The van der Waals surface area contributed by atoms with Crippen molar-refractivity contribution in [2.75, 3.05) is 14.2 Å². The molecule has 1 heterocycles. The second-order valence-corrected chi connectivity index (χ2v) is 4.24. The number of carbonyl (C=O) groups excluding carboxylic acids is 1. The van der Waals surface area contributed by atoms with E-state index in [1.54, 1.807) is 18.2 Å². The van der Waals surface area contributed by atoms with Gasteiger partial charge in [-0.05, 0) is 19.1 Å². The summed E-state index contributed by atoms with van der Waals surface area (Å²) < 4.78 is 15.6. The Morgan fingerprint density at radius 2 is 2.00 bits per heavy atom. The number of methoxy groups -OCH3 is 2. The van der Waals surface area contributed by atoms with Gasteiger partial charge in [0.25, 0.3) is 5.78 Å². The van der Waals surface area contributed by atoms with E-state index in [0.29, 0.717) is 17.1 Å². The monoisotopic (exact) mass is 265 g/mol. The fourth-order valence-electron chi connectivity index (χ4n) is 2.02. The van der Waals surface area contributed by atoms with Crippen LogP contribution in [0.1, 0.15) is 12.5 Å². The zero-order valence-corrected chi connectivity index (χ0v) is 10.9. The number of carbonyl (C=O) groups is 1. The van der Waals surface area contributed by atoms with Crippen molar-refractivity contribution in [2.24, 2.45) is 5.73 Å². The molecule has 0 bridgehead atoms. The van der Waals surface area contributed by atoms with E-state index in [9.17, 15) is 9.90 Å². The van der Waals surface area contributed by atoms with Crippen LogP contribution in [0.25, 0.3) is 0 Å². The van der Waals surface area contributed by atoms with E-state index >= 15 is 0 Å². The van der Waals surface area contributed by atoms with Crippen LogP contribution in [0.3, 0.4) is 0 Å². The predicted octanol–water partition coefficient (Wildman–Crippen LogP) is 1.20. The van der Waals surface area contributed by atoms with E-state index in [2.05, 4.69) is 0 Å². The van der Waals surface area contributed by atoms with Crippen LogP contribution in [-0.2, 0) is 15.1 Å². The Balaban J connectivity index is 2.51. The molecule has 1 aliphatic heterocycles. The lowest BCUT2D eigenvalue weighted by Crippen LogP contribution is -2.31. The molecule has 1 aromatic carbocycles. The molecule has 2 rings (SSSR count). The summed E-state index contributed by atoms with van der Waals surface area (Å²) in [6, 6.07) is 4.94. The van der Waals surface area contributed by atoms with Crippen molar-refractivity contribution in [1.82, 2.24) is 0 Å². The first kappa shape index (κ1) is 13.1. The van der Waals surface area contributed by atoms with Crippen LogP contribution in [0.2, 0.25) is 0 Å². The average molecular weight is 265 g/mol. The maximum absolute atomic E-state index is 12.1. The lowest BCUT2D eigenvalue weighted by molar-refractivity contribution is -0.131. The Morgan fingerprint density at radius 3 is 2.47 bits per heavy atom. The molecule has 3 N–H and O–H groups in total. The third-order valence-electron chi connectivity index (χ3n) is 3.12. The molecule has 0 radical (unpaired) electrons. The number of ether oxygens (including phenoxy) is 3. The van der Waals surface area contributed by atoms with Gasteiger partial charge >= 0.3 is 0 Å². The molecule has 6 heteroatoms. The van der Waals surface area contributed by atoms with Crippen LogP contribution in [-0.4, -0.2) is 25.1 Å². The number of aliphatic hydroxyl groups is 1. The number of ketones is 1. The zero-order chi connectivity index (χ0) is 14.2. The third kappa shape index (κ3) is 1.85. The summed E-state index contributed by atoms with van der Waals surface area (Å²) in [5, 5.41) is 9.54. The molecule has 0 fully saturated rings. The number of benzene rings is 1. The van der Waals surface area contributed by atoms with E-state index in [1.807, 2.05) is 0 Å². The zero-order valence-electron chi connectivity index (χ0n) is 10.9. The highest BCUT2D eigenvalue weighted by Crippen LogP contribution is 2.41. The van der Waals surface area contributed by atoms with Crippen LogP contribution in [0, 0.1) is 0 Å². The Kier molecular flexibility index (Phi) is 3.01. The Morgan fingerprint density at radius 1 is 1.32 bits per heavy atom. The first-order valence-corrected chi connectivity index (χ1v) is 5.59. The molecule has 0 saturated carbocycles. The van der Waals surface area contributed by atoms with E-state index in [4.69, 9.17) is 19.9 Å². The maximum Gasteiger partial charge on any atom is 0.250 e. The number of Topliss-reactive ketones (excluding diaryl/α,β-unsaturated/α-hetero) is 1. The van der Waals surface area contributed by atoms with E-state index in [1.165, 1.54) is 21.1 Å². The first-order valence-electron chi connectivity index (χ1n) is 5.59. The van der Waals surface area contributed by atoms with Crippen molar-refractivity contribution in [2.45, 2.75) is 12.5 Å². The second-order valence-electron chi connectivity index (χ2n) is 4.24. The van der Waals surface area contributed by atoms with Crippen molar-refractivity contribution in [1.29, 1.82) is 0 Å². The van der Waals surface area contributed by atoms with Crippen molar-refractivity contribution in [3.05, 3.63) is 35.4 Å². The number of nitrogens with two attached hydrogens (primary N) is 1. The summed E-state index contributed by atoms with van der Waals surface area (Å²) in [5.74, 6) is -0.461. The minimum atomic E-state index is -1.40. The molecule has 102 valence electrons. The van der Waals surface area contributed by atoms with Crippen molar-refractivity contribution < 1.29 is 24.1 Å². The van der Waals surface area contributed by atoms with Gasteiger partial charge in [0, 0.05) is 11.6 Å². The molecule has 1 aliphatic rings. The molecule has 1 aromatic rings. The van der Waals surface area contributed by atoms with Crippen LogP contribution in [0.15, 0.2) is 29.8 Å². The Labute approximate surface area is 110 Å². The van der Waals surface area contributed by atoms with Crippen LogP contribution in [0.5, 0.6) is 11.5 Å². The summed E-state index contributed by atoms with van der Waals surface area (Å²) in [6.07, 6.45) is 0. The average Bonchev–Trinajstić information content (AvgIpc) is 2.62. The molecular formula is C13H15NO5. The molecule has 0 aliphatic carbocycles. The van der Waals surface area contributed by atoms with Gasteiger partial charge in [-0.15, -0.1) is 0 Å². The van der Waals surface area contributed by atoms with Crippen molar-refractivity contribution in [3.8, 4) is 11.5 Å². The Bertz CT molecular complexity index is 566. The van der Waals surface area contributed by atoms with Crippen LogP contribution in [0.4, 0.5) is 0 Å². The van der Waals surface area contributed by atoms with Gasteiger partial charge in [0.15, 0.2) is 0 Å². The van der Waals surface area contributed by atoms with Gasteiger partial charge in [-0.1, -0.05) is 0 Å². The summed E-state index contributed by atoms with van der Waals surface area (Å²) in [7, 11) is 3.00. The molecule has 19 heavy (non-hydrogen) atoms. The first-order chi connectivity index (χ1) is 8.93. The highest BCUT2D eigenvalue weighted by molar-refractivity contribution is 6.03. The lowest BCUT2D eigenvalue weighted by Gasteiger charge is -2.25. The summed E-state index contributed by atoms with van der Waals surface area (Å²) >= 11 is 0. The smallest absolute Gasteiger partial charge is 0.250 e. The van der Waals surface area contributed by atoms with Crippen molar-refractivity contribution >= 4 is 5.78 Å². The largest absolute Gasteiger partial charge is 0.501 e. The summed E-state index contributed by atoms with van der Waals surface area (Å²) in [6.45, 7) is 1.52. The normalized spacial score (nSPS) is 22.4. The minimum absolute atomic E-state index is 0.287. The van der Waals surface area contributed by atoms with Crippen molar-refractivity contribution in [3.63, 3.8) is 0 Å². The predicted molar refractivity (Wildman–Crippen MR) is 66.8 cm³/mol. The topological polar surface area (TPSA) is 91.0 Å². The van der Waals surface area contributed by atoms with Gasteiger partial charge in [-0.25, -0.2) is 0 Å². The number of aliphatic hydroxyl groups excluding tert-OH is 1. The molecule has 0 amide bonds. The van der Waals surface area contributed by atoms with Crippen LogP contribution >= 0.6 is 0 Å². The van der Waals surface area contributed by atoms with Crippen LogP contribution < -0.4 is 15.2 Å². The third-order valence-corrected chi connectivity index (χ3v) is 3.12. The highest BCUT2D eigenvalue weighted by Gasteiger charge is 2.48. The lowest BCUT2D eigenvalue weighted by atomic mass is 9.90. The molecule has 0 aromatic heterocycles. The Hall–Kier alpha value is -2.37. The maximum atomic E-state index is 12.1. The van der Waals surface area contributed by atoms with E-state index in [0.717, 1.165) is 0 Å². The fraction of sp³-hybridized carbons (Fsp3) is 0.308. The van der Waals surface area contributed by atoms with Gasteiger partial charge in [0.2, 0.25) is 17.2 Å². The van der Waals surface area contributed by atoms with Gasteiger partial charge in [0.1, 0.15) is 11.5 Å². The molecular weight excluding hydrogens is 250 g/mol. The summed E-state index contributed by atoms with van der Waals surface area (Å²) in [4.78, 5) is 12.1. The molecule has 6 nitrogen and oxygen atoms in total. The minimum Gasteiger partial charge on any atom is -0.501 e. The van der Waals surface area contributed by atoms with Gasteiger partial charge in [-0.3, -0.25) is 4.79 Å². The standard InChI is InChI=1S/C13H15NO5/c1-13(11(16)10(15)12(14)19-13)8-5-4-7(17-2)6-9(8)18-3/h4-6,15H,14H2,1-3H3. The fourth-order valence-corrected chi connectivity index (χ4v) is 2.02. The van der Waals surface area contributed by atoms with E-state index in [-0.39, 0.29) is 5.88 Å². The van der Waals surface area contributed by atoms with Gasteiger partial charge in [0.05, 0.1) is 14.2 Å².